The number of Topliss-reactive ketones (excluding diaryl/α,β-unsaturated/α-hetero) is 1. The van der Waals surface area contributed by atoms with Gasteiger partial charge in [0.2, 0.25) is 17.8 Å². The van der Waals surface area contributed by atoms with Gasteiger partial charge >= 0.3 is 0 Å². The van der Waals surface area contributed by atoms with Crippen LogP contribution in [0.3, 0.4) is 0 Å². The van der Waals surface area contributed by atoms with Gasteiger partial charge in [-0.1, -0.05) is 60.1 Å². The summed E-state index contributed by atoms with van der Waals surface area (Å²) in [6.45, 7) is 1.46. The number of para-hydroxylation sites is 1. The fourth-order valence-corrected chi connectivity index (χ4v) is 3.44. The van der Waals surface area contributed by atoms with Crippen molar-refractivity contribution in [1.82, 2.24) is 15.0 Å². The fourth-order valence-electron chi connectivity index (χ4n) is 3.26. The molecule has 0 saturated heterocycles. The summed E-state index contributed by atoms with van der Waals surface area (Å²) in [5.74, 6) is 0.855. The van der Waals surface area contributed by atoms with Gasteiger partial charge in [0.25, 0.3) is 0 Å². The van der Waals surface area contributed by atoms with Gasteiger partial charge in [0.1, 0.15) is 12.4 Å². The Morgan fingerprint density at radius 3 is 2.11 bits per heavy atom. The van der Waals surface area contributed by atoms with Crippen LogP contribution in [-0.2, 0) is 9.47 Å². The largest absolute Gasteiger partial charge is 0.506 e. The SMILES string of the molecule is O=C(COCCOCCNc1nc(Nc2ccccc2)nc(Nc2ccc(O)c(Cl)c2)n1)c1ccccc1. The van der Waals surface area contributed by atoms with Crippen LogP contribution in [0.2, 0.25) is 5.02 Å². The van der Waals surface area contributed by atoms with Gasteiger partial charge in [0.15, 0.2) is 5.78 Å². The first-order chi connectivity index (χ1) is 18.6. The van der Waals surface area contributed by atoms with Gasteiger partial charge in [-0.15, -0.1) is 0 Å². The van der Waals surface area contributed by atoms with Crippen molar-refractivity contribution >= 4 is 46.6 Å². The molecule has 11 heteroatoms. The first-order valence-corrected chi connectivity index (χ1v) is 12.3. The lowest BCUT2D eigenvalue weighted by atomic mass is 10.1. The number of nitrogens with zero attached hydrogens (tertiary/aromatic N) is 3. The number of ketones is 1. The number of benzene rings is 3. The number of ether oxygens (including phenoxy) is 2. The molecule has 1 aromatic heterocycles. The van der Waals surface area contributed by atoms with E-state index in [1.165, 1.54) is 6.07 Å². The Hall–Kier alpha value is -4.25. The Bertz CT molecular complexity index is 1330. The van der Waals surface area contributed by atoms with E-state index in [4.69, 9.17) is 21.1 Å². The Labute approximate surface area is 225 Å². The molecule has 0 aliphatic heterocycles. The van der Waals surface area contributed by atoms with E-state index >= 15 is 0 Å². The Morgan fingerprint density at radius 2 is 1.39 bits per heavy atom. The number of phenols is 1. The lowest BCUT2D eigenvalue weighted by Crippen LogP contribution is -2.16. The Morgan fingerprint density at radius 1 is 0.763 bits per heavy atom. The van der Waals surface area contributed by atoms with Gasteiger partial charge in [-0.25, -0.2) is 0 Å². The number of aromatic nitrogens is 3. The lowest BCUT2D eigenvalue weighted by molar-refractivity contribution is 0.0466. The molecule has 4 N–H and O–H groups in total. The molecule has 1 heterocycles. The molecule has 0 fully saturated rings. The lowest BCUT2D eigenvalue weighted by Gasteiger charge is -2.12. The number of hydrogen-bond acceptors (Lipinski definition) is 10. The fraction of sp³-hybridized carbons (Fsp3) is 0.185. The van der Waals surface area contributed by atoms with Crippen LogP contribution in [0.5, 0.6) is 5.75 Å². The monoisotopic (exact) mass is 534 g/mol. The predicted octanol–water partition coefficient (Wildman–Crippen LogP) is 5.05. The summed E-state index contributed by atoms with van der Waals surface area (Å²) in [6.07, 6.45) is 0. The van der Waals surface area contributed by atoms with E-state index in [1.54, 1.807) is 24.3 Å². The van der Waals surface area contributed by atoms with Gasteiger partial charge in [0, 0.05) is 23.5 Å². The van der Waals surface area contributed by atoms with Crippen LogP contribution in [-0.4, -0.2) is 58.8 Å². The first-order valence-electron chi connectivity index (χ1n) is 11.9. The van der Waals surface area contributed by atoms with Crippen molar-refractivity contribution in [3.8, 4) is 5.75 Å². The third kappa shape index (κ3) is 8.41. The second-order valence-electron chi connectivity index (χ2n) is 7.97. The zero-order valence-electron chi connectivity index (χ0n) is 20.4. The molecule has 0 aliphatic carbocycles. The number of nitrogens with one attached hydrogen (secondary N) is 3. The summed E-state index contributed by atoms with van der Waals surface area (Å²) in [7, 11) is 0. The molecule has 38 heavy (non-hydrogen) atoms. The minimum Gasteiger partial charge on any atom is -0.506 e. The molecule has 0 unspecified atom stereocenters. The minimum atomic E-state index is -0.0685. The number of carbonyl (C=O) groups excluding carboxylic acids is 1. The molecule has 0 aliphatic rings. The zero-order chi connectivity index (χ0) is 26.6. The molecular formula is C27H27ClN6O4. The smallest absolute Gasteiger partial charge is 0.233 e. The second kappa shape index (κ2) is 13.9. The van der Waals surface area contributed by atoms with Gasteiger partial charge in [-0.3, -0.25) is 4.79 Å². The topological polar surface area (TPSA) is 131 Å². The third-order valence-corrected chi connectivity index (χ3v) is 5.40. The Kier molecular flexibility index (Phi) is 9.80. The van der Waals surface area contributed by atoms with Crippen molar-refractivity contribution in [2.24, 2.45) is 0 Å². The van der Waals surface area contributed by atoms with E-state index in [2.05, 4.69) is 30.9 Å². The summed E-state index contributed by atoms with van der Waals surface area (Å²) in [5, 5.41) is 19.2. The van der Waals surface area contributed by atoms with E-state index in [1.807, 2.05) is 48.5 Å². The standard InChI is InChI=1S/C27H27ClN6O4/c28-22-17-21(11-12-23(22)35)31-27-33-25(32-26(34-27)30-20-9-5-2-6-10-20)29-13-14-37-15-16-38-18-24(36)19-7-3-1-4-8-19/h1-12,17,35H,13-16,18H2,(H3,29,30,31,32,33,34). The minimum absolute atomic E-state index is 0.00961. The van der Waals surface area contributed by atoms with E-state index in [-0.39, 0.29) is 29.1 Å². The highest BCUT2D eigenvalue weighted by Crippen LogP contribution is 2.27. The van der Waals surface area contributed by atoms with E-state index in [9.17, 15) is 9.90 Å². The molecule has 0 atom stereocenters. The highest BCUT2D eigenvalue weighted by atomic mass is 35.5. The molecular weight excluding hydrogens is 508 g/mol. The van der Waals surface area contributed by atoms with Crippen molar-refractivity contribution in [1.29, 1.82) is 0 Å². The van der Waals surface area contributed by atoms with Crippen LogP contribution in [0.1, 0.15) is 10.4 Å². The molecule has 0 spiro atoms. The molecule has 0 radical (unpaired) electrons. The highest BCUT2D eigenvalue weighted by molar-refractivity contribution is 6.32. The molecule has 10 nitrogen and oxygen atoms in total. The number of rotatable bonds is 14. The number of hydrogen-bond donors (Lipinski definition) is 4. The van der Waals surface area contributed by atoms with Crippen molar-refractivity contribution in [2.75, 3.05) is 48.9 Å². The average molecular weight is 535 g/mol. The van der Waals surface area contributed by atoms with Gasteiger partial charge < -0.3 is 30.5 Å². The maximum Gasteiger partial charge on any atom is 0.233 e. The van der Waals surface area contributed by atoms with E-state index in [0.717, 1.165) is 5.69 Å². The molecule has 0 amide bonds. The zero-order valence-corrected chi connectivity index (χ0v) is 21.2. The predicted molar refractivity (Wildman–Crippen MR) is 147 cm³/mol. The van der Waals surface area contributed by atoms with Crippen molar-refractivity contribution in [3.05, 3.63) is 89.4 Å². The summed E-state index contributed by atoms with van der Waals surface area (Å²) < 4.78 is 11.0. The average Bonchev–Trinajstić information content (AvgIpc) is 2.93. The summed E-state index contributed by atoms with van der Waals surface area (Å²) in [6, 6.07) is 23.2. The van der Waals surface area contributed by atoms with E-state index < -0.39 is 0 Å². The van der Waals surface area contributed by atoms with E-state index in [0.29, 0.717) is 49.5 Å². The van der Waals surface area contributed by atoms with Gasteiger partial charge in [-0.05, 0) is 30.3 Å². The van der Waals surface area contributed by atoms with Crippen molar-refractivity contribution in [2.45, 2.75) is 0 Å². The van der Waals surface area contributed by atoms with Gasteiger partial charge in [0.05, 0.1) is 24.8 Å². The molecule has 0 bridgehead atoms. The first kappa shape index (κ1) is 26.8. The van der Waals surface area contributed by atoms with Crippen LogP contribution in [0, 0.1) is 0 Å². The normalized spacial score (nSPS) is 10.7. The third-order valence-electron chi connectivity index (χ3n) is 5.10. The molecule has 196 valence electrons. The van der Waals surface area contributed by atoms with Crippen LogP contribution in [0.15, 0.2) is 78.9 Å². The highest BCUT2D eigenvalue weighted by Gasteiger charge is 2.09. The van der Waals surface area contributed by atoms with Crippen LogP contribution >= 0.6 is 11.6 Å². The Balaban J connectivity index is 1.27. The van der Waals surface area contributed by atoms with Crippen LogP contribution in [0.25, 0.3) is 0 Å². The molecule has 0 saturated carbocycles. The molecule has 4 rings (SSSR count). The summed E-state index contributed by atoms with van der Waals surface area (Å²) in [5.41, 5.74) is 2.04. The van der Waals surface area contributed by atoms with Gasteiger partial charge in [-0.2, -0.15) is 15.0 Å². The number of phenolic OH excluding ortho intramolecular Hbond substituents is 1. The molecule has 4 aromatic rings. The van der Waals surface area contributed by atoms with Crippen LogP contribution in [0.4, 0.5) is 29.2 Å². The number of aromatic hydroxyl groups is 1. The maximum atomic E-state index is 12.0. The van der Waals surface area contributed by atoms with Crippen LogP contribution < -0.4 is 16.0 Å². The quantitative estimate of drug-likeness (QED) is 0.0990. The second-order valence-corrected chi connectivity index (χ2v) is 8.38. The maximum absolute atomic E-state index is 12.0. The van der Waals surface area contributed by atoms with Crippen molar-refractivity contribution < 1.29 is 19.4 Å². The molecule has 3 aromatic carbocycles. The summed E-state index contributed by atoms with van der Waals surface area (Å²) in [4.78, 5) is 25.3. The number of anilines is 5. The number of carbonyl (C=O) groups is 1. The summed E-state index contributed by atoms with van der Waals surface area (Å²) >= 11 is 6.02. The number of halogens is 1. The van der Waals surface area contributed by atoms with Crippen molar-refractivity contribution in [3.63, 3.8) is 0 Å².